The van der Waals surface area contributed by atoms with E-state index in [0.29, 0.717) is 16.3 Å². The van der Waals surface area contributed by atoms with Crippen LogP contribution in [0.3, 0.4) is 0 Å². The molecule has 1 amide bonds. The number of nitrogens with one attached hydrogen (secondary N) is 1. The number of halogens is 2. The summed E-state index contributed by atoms with van der Waals surface area (Å²) in [5, 5.41) is 12.1. The van der Waals surface area contributed by atoms with Gasteiger partial charge in [-0.25, -0.2) is 0 Å². The van der Waals surface area contributed by atoms with E-state index in [4.69, 9.17) is 33.0 Å². The van der Waals surface area contributed by atoms with Crippen molar-refractivity contribution in [3.05, 3.63) is 40.4 Å². The molecule has 1 rings (SSSR count). The van der Waals surface area contributed by atoms with Gasteiger partial charge in [-0.15, -0.1) is 0 Å². The Morgan fingerprint density at radius 1 is 1.58 bits per heavy atom. The standard InChI is InChI=1S/C13H15Cl2NO3/c1-9(17)7-16-13(18)10-3-2-4-12(5-10)19-8-11(15)6-14/h2-6,9,17H,7-8H2,1H3,(H,16,18)/b11-6-. The molecule has 19 heavy (non-hydrogen) atoms. The van der Waals surface area contributed by atoms with Crippen molar-refractivity contribution in [2.75, 3.05) is 13.2 Å². The molecule has 0 saturated carbocycles. The third kappa shape index (κ3) is 5.96. The lowest BCUT2D eigenvalue weighted by atomic mass is 10.2. The van der Waals surface area contributed by atoms with Gasteiger partial charge in [0.2, 0.25) is 0 Å². The molecule has 0 saturated heterocycles. The van der Waals surface area contributed by atoms with Crippen molar-refractivity contribution in [2.24, 2.45) is 0 Å². The Kier molecular flexibility index (Phi) is 6.70. The molecule has 0 aliphatic heterocycles. The van der Waals surface area contributed by atoms with E-state index >= 15 is 0 Å². The lowest BCUT2D eigenvalue weighted by Gasteiger charge is -2.09. The largest absolute Gasteiger partial charge is 0.488 e. The first kappa shape index (κ1) is 15.8. The molecule has 0 aromatic heterocycles. The van der Waals surface area contributed by atoms with E-state index < -0.39 is 6.10 Å². The Hall–Kier alpha value is -1.23. The van der Waals surface area contributed by atoms with Crippen molar-refractivity contribution in [3.8, 4) is 5.75 Å². The van der Waals surface area contributed by atoms with E-state index in [2.05, 4.69) is 5.32 Å². The van der Waals surface area contributed by atoms with Gasteiger partial charge in [-0.3, -0.25) is 4.79 Å². The van der Waals surface area contributed by atoms with Crippen molar-refractivity contribution in [2.45, 2.75) is 13.0 Å². The summed E-state index contributed by atoms with van der Waals surface area (Å²) in [7, 11) is 0. The highest BCUT2D eigenvalue weighted by Gasteiger charge is 2.07. The molecule has 1 atom stereocenters. The average Bonchev–Trinajstić information content (AvgIpc) is 2.42. The molecule has 0 spiro atoms. The zero-order valence-corrected chi connectivity index (χ0v) is 11.9. The van der Waals surface area contributed by atoms with Gasteiger partial charge in [-0.1, -0.05) is 29.3 Å². The monoisotopic (exact) mass is 303 g/mol. The van der Waals surface area contributed by atoms with Gasteiger partial charge in [0.15, 0.2) is 0 Å². The zero-order valence-electron chi connectivity index (χ0n) is 10.4. The number of ether oxygens (including phenoxy) is 1. The van der Waals surface area contributed by atoms with Gasteiger partial charge in [0.05, 0.1) is 11.1 Å². The molecule has 0 heterocycles. The van der Waals surface area contributed by atoms with Crippen LogP contribution in [0.25, 0.3) is 0 Å². The maximum Gasteiger partial charge on any atom is 0.251 e. The number of rotatable bonds is 6. The van der Waals surface area contributed by atoms with Gasteiger partial charge in [-0.05, 0) is 25.1 Å². The van der Waals surface area contributed by atoms with E-state index in [9.17, 15) is 4.79 Å². The smallest absolute Gasteiger partial charge is 0.251 e. The molecule has 6 heteroatoms. The highest BCUT2D eigenvalue weighted by molar-refractivity contribution is 6.36. The second kappa shape index (κ2) is 8.04. The number of hydrogen-bond donors (Lipinski definition) is 2. The first-order valence-corrected chi connectivity index (χ1v) is 6.48. The molecule has 104 valence electrons. The molecule has 0 fully saturated rings. The molecule has 1 unspecified atom stereocenters. The number of carbonyl (C=O) groups is 1. The summed E-state index contributed by atoms with van der Waals surface area (Å²) in [6.45, 7) is 1.94. The molecule has 2 N–H and O–H groups in total. The number of aliphatic hydroxyl groups excluding tert-OH is 1. The molecule has 0 radical (unpaired) electrons. The maximum absolute atomic E-state index is 11.8. The van der Waals surface area contributed by atoms with Crippen LogP contribution in [0.5, 0.6) is 5.75 Å². The second-order valence-corrected chi connectivity index (χ2v) is 4.64. The first-order chi connectivity index (χ1) is 9.02. The molecule has 4 nitrogen and oxygen atoms in total. The van der Waals surface area contributed by atoms with Crippen LogP contribution >= 0.6 is 23.2 Å². The fourth-order valence-corrected chi connectivity index (χ4v) is 1.37. The summed E-state index contributed by atoms with van der Waals surface area (Å²) in [5.74, 6) is 0.242. The van der Waals surface area contributed by atoms with Crippen LogP contribution in [-0.4, -0.2) is 30.3 Å². The predicted molar refractivity (Wildman–Crippen MR) is 75.7 cm³/mol. The van der Waals surface area contributed by atoms with E-state index in [1.807, 2.05) is 0 Å². The Morgan fingerprint density at radius 3 is 2.95 bits per heavy atom. The lowest BCUT2D eigenvalue weighted by molar-refractivity contribution is 0.0923. The molecule has 0 aliphatic carbocycles. The summed E-state index contributed by atoms with van der Waals surface area (Å²) >= 11 is 11.1. The lowest BCUT2D eigenvalue weighted by Crippen LogP contribution is -2.30. The van der Waals surface area contributed by atoms with Gasteiger partial charge in [0, 0.05) is 17.6 Å². The minimum absolute atomic E-state index is 0.143. The number of benzene rings is 1. The van der Waals surface area contributed by atoms with Crippen LogP contribution in [0.15, 0.2) is 34.8 Å². The molecular weight excluding hydrogens is 289 g/mol. The Bertz CT molecular complexity index is 461. The van der Waals surface area contributed by atoms with Crippen molar-refractivity contribution >= 4 is 29.1 Å². The predicted octanol–water partition coefficient (Wildman–Crippen LogP) is 2.50. The summed E-state index contributed by atoms with van der Waals surface area (Å²) < 4.78 is 5.36. The normalized spacial score (nSPS) is 12.9. The maximum atomic E-state index is 11.8. The topological polar surface area (TPSA) is 58.6 Å². The Morgan fingerprint density at radius 2 is 2.32 bits per heavy atom. The number of aliphatic hydroxyl groups is 1. The third-order valence-electron chi connectivity index (χ3n) is 2.15. The van der Waals surface area contributed by atoms with Gasteiger partial charge in [0.1, 0.15) is 12.4 Å². The molecule has 0 bridgehead atoms. The van der Waals surface area contributed by atoms with E-state index in [1.54, 1.807) is 31.2 Å². The van der Waals surface area contributed by atoms with Crippen molar-refractivity contribution < 1.29 is 14.6 Å². The quantitative estimate of drug-likeness (QED) is 0.849. The summed E-state index contributed by atoms with van der Waals surface area (Å²) in [6.07, 6.45) is -0.587. The summed E-state index contributed by atoms with van der Waals surface area (Å²) in [6, 6.07) is 6.66. The molecule has 1 aromatic carbocycles. The second-order valence-electron chi connectivity index (χ2n) is 3.93. The molecular formula is C13H15Cl2NO3. The summed E-state index contributed by atoms with van der Waals surface area (Å²) in [4.78, 5) is 11.8. The van der Waals surface area contributed by atoms with Crippen LogP contribution in [0.2, 0.25) is 0 Å². The van der Waals surface area contributed by atoms with Crippen molar-refractivity contribution in [1.82, 2.24) is 5.32 Å². The highest BCUT2D eigenvalue weighted by atomic mass is 35.5. The minimum Gasteiger partial charge on any atom is -0.488 e. The Balaban J connectivity index is 2.63. The average molecular weight is 304 g/mol. The Labute approximate surface area is 122 Å². The van der Waals surface area contributed by atoms with E-state index in [-0.39, 0.29) is 19.1 Å². The SMILES string of the molecule is CC(O)CNC(=O)c1cccc(OC/C(Cl)=C/Cl)c1. The zero-order chi connectivity index (χ0) is 14.3. The van der Waals surface area contributed by atoms with Crippen LogP contribution in [0, 0.1) is 0 Å². The highest BCUT2D eigenvalue weighted by Crippen LogP contribution is 2.15. The first-order valence-electron chi connectivity index (χ1n) is 5.67. The number of carbonyl (C=O) groups excluding carboxylic acids is 1. The summed E-state index contributed by atoms with van der Waals surface area (Å²) in [5.41, 5.74) is 1.67. The van der Waals surface area contributed by atoms with E-state index in [0.717, 1.165) is 0 Å². The van der Waals surface area contributed by atoms with Gasteiger partial charge in [0.25, 0.3) is 5.91 Å². The van der Waals surface area contributed by atoms with Crippen LogP contribution in [0.4, 0.5) is 0 Å². The fraction of sp³-hybridized carbons (Fsp3) is 0.308. The van der Waals surface area contributed by atoms with Crippen LogP contribution in [-0.2, 0) is 0 Å². The van der Waals surface area contributed by atoms with Gasteiger partial charge < -0.3 is 15.2 Å². The van der Waals surface area contributed by atoms with Crippen molar-refractivity contribution in [1.29, 1.82) is 0 Å². The third-order valence-corrected chi connectivity index (χ3v) is 2.74. The number of amides is 1. The molecule has 0 aliphatic rings. The van der Waals surface area contributed by atoms with Gasteiger partial charge in [-0.2, -0.15) is 0 Å². The molecule has 1 aromatic rings. The van der Waals surface area contributed by atoms with Crippen LogP contribution in [0.1, 0.15) is 17.3 Å². The van der Waals surface area contributed by atoms with Gasteiger partial charge >= 0.3 is 0 Å². The fourth-order valence-electron chi connectivity index (χ4n) is 1.25. The van der Waals surface area contributed by atoms with Crippen molar-refractivity contribution in [3.63, 3.8) is 0 Å². The minimum atomic E-state index is -0.587. The number of hydrogen-bond acceptors (Lipinski definition) is 3. The van der Waals surface area contributed by atoms with Crippen LogP contribution < -0.4 is 10.1 Å². The van der Waals surface area contributed by atoms with E-state index in [1.165, 1.54) is 5.54 Å².